The average Bonchev–Trinajstić information content (AvgIpc) is 2.73. The fraction of sp³-hybridized carbons (Fsp3) is 0.300. The van der Waals surface area contributed by atoms with Gasteiger partial charge in [-0.1, -0.05) is 15.9 Å². The summed E-state index contributed by atoms with van der Waals surface area (Å²) in [5.41, 5.74) is 0.744. The van der Waals surface area contributed by atoms with Crippen molar-refractivity contribution in [2.24, 2.45) is 7.05 Å². The van der Waals surface area contributed by atoms with Gasteiger partial charge in [0.2, 0.25) is 5.82 Å². The highest BCUT2D eigenvalue weighted by Gasteiger charge is 2.06. The number of benzene rings is 1. The predicted molar refractivity (Wildman–Crippen MR) is 62.2 cm³/mol. The maximum absolute atomic E-state index is 13.0. The Hall–Kier alpha value is -1.50. The normalized spacial score (nSPS) is 10.5. The smallest absolute Gasteiger partial charge is 0.212 e. The van der Waals surface area contributed by atoms with Gasteiger partial charge in [-0.3, -0.25) is 0 Å². The van der Waals surface area contributed by atoms with Crippen LogP contribution in [-0.4, -0.2) is 20.2 Å². The minimum atomic E-state index is -0.288. The van der Waals surface area contributed by atoms with Crippen LogP contribution in [0.1, 0.15) is 11.4 Å². The molecule has 1 aromatic carbocycles. The van der Waals surface area contributed by atoms with Crippen LogP contribution in [0.15, 0.2) is 18.2 Å². The Kier molecular flexibility index (Phi) is 3.68. The molecule has 0 N–H and O–H groups in total. The molecule has 1 aromatic heterocycles. The van der Waals surface area contributed by atoms with Crippen LogP contribution in [0.3, 0.4) is 0 Å². The van der Waals surface area contributed by atoms with Gasteiger partial charge < -0.3 is 4.74 Å². The molecular formula is C10H10BrFN4O. The van der Waals surface area contributed by atoms with Crippen LogP contribution in [0.4, 0.5) is 4.39 Å². The second-order valence-corrected chi connectivity index (χ2v) is 3.93. The van der Waals surface area contributed by atoms with Gasteiger partial charge in [-0.25, -0.2) is 4.39 Å². The minimum absolute atomic E-state index is 0.208. The summed E-state index contributed by atoms with van der Waals surface area (Å²) in [6.07, 6.45) is 0. The van der Waals surface area contributed by atoms with Crippen molar-refractivity contribution in [1.82, 2.24) is 20.2 Å². The van der Waals surface area contributed by atoms with E-state index < -0.39 is 0 Å². The number of halogens is 2. The van der Waals surface area contributed by atoms with E-state index in [2.05, 4.69) is 31.3 Å². The lowest BCUT2D eigenvalue weighted by atomic mass is 10.2. The first-order chi connectivity index (χ1) is 8.19. The van der Waals surface area contributed by atoms with Crippen LogP contribution in [0.5, 0.6) is 5.75 Å². The molecule has 0 aliphatic carbocycles. The van der Waals surface area contributed by atoms with E-state index >= 15 is 0 Å². The molecule has 7 heteroatoms. The van der Waals surface area contributed by atoms with E-state index in [9.17, 15) is 4.39 Å². The van der Waals surface area contributed by atoms with Crippen molar-refractivity contribution >= 4 is 15.9 Å². The summed E-state index contributed by atoms with van der Waals surface area (Å²) in [4.78, 5) is 1.36. The number of rotatable bonds is 4. The number of tetrazole rings is 1. The second kappa shape index (κ2) is 5.22. The Morgan fingerprint density at radius 2 is 2.29 bits per heavy atom. The van der Waals surface area contributed by atoms with Crippen LogP contribution in [0.2, 0.25) is 0 Å². The molecule has 0 aliphatic rings. The number of hydrogen-bond acceptors (Lipinski definition) is 4. The lowest BCUT2D eigenvalue weighted by Gasteiger charge is -2.07. The van der Waals surface area contributed by atoms with Crippen molar-refractivity contribution in [3.63, 3.8) is 0 Å². The van der Waals surface area contributed by atoms with Crippen molar-refractivity contribution in [3.8, 4) is 5.75 Å². The van der Waals surface area contributed by atoms with Crippen molar-refractivity contribution in [1.29, 1.82) is 0 Å². The standard InChI is InChI=1S/C10H10BrFN4O/c1-16-14-10(13-15-16)6-17-9-3-2-8(12)4-7(9)5-11/h2-4H,5-6H2,1H3. The molecule has 1 heterocycles. The van der Waals surface area contributed by atoms with E-state index in [1.165, 1.54) is 16.9 Å². The van der Waals surface area contributed by atoms with Crippen molar-refractivity contribution in [2.45, 2.75) is 11.9 Å². The molecule has 0 atom stereocenters. The third-order valence-corrected chi connectivity index (χ3v) is 2.68. The predicted octanol–water partition coefficient (Wildman–Crippen LogP) is 1.82. The van der Waals surface area contributed by atoms with Gasteiger partial charge in [-0.05, 0) is 23.4 Å². The molecule has 2 rings (SSSR count). The Balaban J connectivity index is 2.08. The van der Waals surface area contributed by atoms with Crippen LogP contribution in [0.25, 0.3) is 0 Å². The lowest BCUT2D eigenvalue weighted by Crippen LogP contribution is -2.01. The monoisotopic (exact) mass is 300 g/mol. The van der Waals surface area contributed by atoms with Gasteiger partial charge in [0.1, 0.15) is 11.6 Å². The molecule has 0 aliphatic heterocycles. The zero-order chi connectivity index (χ0) is 12.3. The average molecular weight is 301 g/mol. The molecule has 17 heavy (non-hydrogen) atoms. The summed E-state index contributed by atoms with van der Waals surface area (Å²) in [5, 5.41) is 12.0. The molecule has 0 saturated carbocycles. The molecule has 0 amide bonds. The highest BCUT2D eigenvalue weighted by atomic mass is 79.9. The maximum Gasteiger partial charge on any atom is 0.212 e. The van der Waals surface area contributed by atoms with E-state index in [0.29, 0.717) is 16.9 Å². The van der Waals surface area contributed by atoms with Gasteiger partial charge in [0.05, 0.1) is 7.05 Å². The molecule has 0 unspecified atom stereocenters. The Labute approximate surface area is 106 Å². The van der Waals surface area contributed by atoms with E-state index in [4.69, 9.17) is 4.74 Å². The van der Waals surface area contributed by atoms with Gasteiger partial charge in [0.15, 0.2) is 6.61 Å². The Morgan fingerprint density at radius 3 is 2.94 bits per heavy atom. The molecular weight excluding hydrogens is 291 g/mol. The van der Waals surface area contributed by atoms with Crippen LogP contribution >= 0.6 is 15.9 Å². The summed E-state index contributed by atoms with van der Waals surface area (Å²) in [5.74, 6) is 0.803. The molecule has 90 valence electrons. The first kappa shape index (κ1) is 12.0. The molecule has 0 radical (unpaired) electrons. The number of alkyl halides is 1. The van der Waals surface area contributed by atoms with Crippen molar-refractivity contribution in [3.05, 3.63) is 35.4 Å². The molecule has 0 saturated heterocycles. The Morgan fingerprint density at radius 1 is 1.47 bits per heavy atom. The van der Waals surface area contributed by atoms with Crippen molar-refractivity contribution < 1.29 is 9.13 Å². The minimum Gasteiger partial charge on any atom is -0.485 e. The van der Waals surface area contributed by atoms with Gasteiger partial charge in [0, 0.05) is 10.9 Å². The number of hydrogen-bond donors (Lipinski definition) is 0. The quantitative estimate of drug-likeness (QED) is 0.808. The second-order valence-electron chi connectivity index (χ2n) is 3.37. The van der Waals surface area contributed by atoms with E-state index in [0.717, 1.165) is 5.56 Å². The van der Waals surface area contributed by atoms with Crippen LogP contribution in [-0.2, 0) is 19.0 Å². The SMILES string of the molecule is Cn1nnc(COc2ccc(F)cc2CBr)n1. The fourth-order valence-electron chi connectivity index (χ4n) is 1.32. The highest BCUT2D eigenvalue weighted by molar-refractivity contribution is 9.08. The van der Waals surface area contributed by atoms with Gasteiger partial charge in [0.25, 0.3) is 0 Å². The molecule has 0 spiro atoms. The van der Waals surface area contributed by atoms with Gasteiger partial charge >= 0.3 is 0 Å². The summed E-state index contributed by atoms with van der Waals surface area (Å²) >= 11 is 3.28. The first-order valence-corrected chi connectivity index (χ1v) is 6.01. The summed E-state index contributed by atoms with van der Waals surface area (Å²) in [6, 6.07) is 4.36. The van der Waals surface area contributed by atoms with Gasteiger partial charge in [-0.2, -0.15) is 4.80 Å². The largest absolute Gasteiger partial charge is 0.485 e. The van der Waals surface area contributed by atoms with E-state index in [1.54, 1.807) is 13.1 Å². The number of aromatic nitrogens is 4. The molecule has 5 nitrogen and oxygen atoms in total. The van der Waals surface area contributed by atoms with Gasteiger partial charge in [-0.15, -0.1) is 10.2 Å². The van der Waals surface area contributed by atoms with E-state index in [-0.39, 0.29) is 12.4 Å². The summed E-state index contributed by atoms with van der Waals surface area (Å²) in [7, 11) is 1.68. The number of nitrogens with zero attached hydrogens (tertiary/aromatic N) is 4. The Bertz CT molecular complexity index is 517. The van der Waals surface area contributed by atoms with Crippen molar-refractivity contribution in [2.75, 3.05) is 0 Å². The summed E-state index contributed by atoms with van der Waals surface area (Å²) < 4.78 is 18.5. The number of ether oxygens (including phenoxy) is 1. The maximum atomic E-state index is 13.0. The third kappa shape index (κ3) is 3.00. The van der Waals surface area contributed by atoms with Crippen LogP contribution in [0, 0.1) is 5.82 Å². The van der Waals surface area contributed by atoms with Crippen LogP contribution < -0.4 is 4.74 Å². The zero-order valence-corrected chi connectivity index (χ0v) is 10.7. The fourth-order valence-corrected chi connectivity index (χ4v) is 1.75. The lowest BCUT2D eigenvalue weighted by molar-refractivity contribution is 0.292. The molecule has 0 bridgehead atoms. The molecule has 0 fully saturated rings. The third-order valence-electron chi connectivity index (χ3n) is 2.07. The first-order valence-electron chi connectivity index (χ1n) is 4.89. The highest BCUT2D eigenvalue weighted by Crippen LogP contribution is 2.22. The van der Waals surface area contributed by atoms with E-state index in [1.807, 2.05) is 0 Å². The summed E-state index contributed by atoms with van der Waals surface area (Å²) in [6.45, 7) is 0.208. The molecule has 2 aromatic rings. The topological polar surface area (TPSA) is 52.8 Å². The zero-order valence-electron chi connectivity index (χ0n) is 9.10. The number of aryl methyl sites for hydroxylation is 1.